The van der Waals surface area contributed by atoms with Crippen molar-refractivity contribution in [2.45, 2.75) is 34.1 Å². The van der Waals surface area contributed by atoms with E-state index in [1.54, 1.807) is 36.4 Å². The van der Waals surface area contributed by atoms with E-state index < -0.39 is 11.3 Å². The van der Waals surface area contributed by atoms with Crippen LogP contribution in [0.5, 0.6) is 0 Å². The topological polar surface area (TPSA) is 87.3 Å². The molecule has 0 bridgehead atoms. The van der Waals surface area contributed by atoms with Crippen molar-refractivity contribution in [3.8, 4) is 0 Å². The Hall–Kier alpha value is -2.86. The van der Waals surface area contributed by atoms with Gasteiger partial charge in [-0.05, 0) is 42.8 Å². The van der Waals surface area contributed by atoms with Crippen LogP contribution in [0.4, 0.5) is 11.4 Å². The molecule has 0 unspecified atom stereocenters. The van der Waals surface area contributed by atoms with E-state index in [1.807, 2.05) is 27.7 Å². The molecule has 0 saturated heterocycles. The third-order valence-electron chi connectivity index (χ3n) is 4.07. The lowest BCUT2D eigenvalue weighted by molar-refractivity contribution is -0.123. The predicted octanol–water partition coefficient (Wildman–Crippen LogP) is 4.72. The second kappa shape index (κ2) is 9.56. The van der Waals surface area contributed by atoms with Gasteiger partial charge in [0, 0.05) is 28.2 Å². The second-order valence-corrected chi connectivity index (χ2v) is 8.12. The van der Waals surface area contributed by atoms with Crippen LogP contribution in [0.2, 0.25) is 5.02 Å². The first kappa shape index (κ1) is 22.4. The minimum Gasteiger partial charge on any atom is -0.352 e. The van der Waals surface area contributed by atoms with E-state index in [2.05, 4.69) is 16.0 Å². The van der Waals surface area contributed by atoms with Crippen molar-refractivity contribution in [3.05, 3.63) is 58.6 Å². The highest BCUT2D eigenvalue weighted by molar-refractivity contribution is 6.31. The molecular weight excluding hydrogens is 390 g/mol. The Kier molecular flexibility index (Phi) is 7.40. The Morgan fingerprint density at radius 2 is 1.69 bits per heavy atom. The summed E-state index contributed by atoms with van der Waals surface area (Å²) in [4.78, 5) is 37.3. The number of halogens is 1. The number of nitrogens with one attached hydrogen (secondary N) is 3. The number of amides is 3. The molecular formula is C22H26ClN3O3. The van der Waals surface area contributed by atoms with E-state index in [9.17, 15) is 14.4 Å². The lowest BCUT2D eigenvalue weighted by Crippen LogP contribution is -2.27. The first-order valence-electron chi connectivity index (χ1n) is 9.42. The Morgan fingerprint density at radius 1 is 0.966 bits per heavy atom. The van der Waals surface area contributed by atoms with E-state index in [0.29, 0.717) is 34.1 Å². The van der Waals surface area contributed by atoms with E-state index in [1.165, 1.54) is 6.07 Å². The molecule has 0 saturated carbocycles. The Morgan fingerprint density at radius 3 is 2.34 bits per heavy atom. The molecule has 0 radical (unpaired) electrons. The molecule has 0 aromatic heterocycles. The van der Waals surface area contributed by atoms with E-state index in [-0.39, 0.29) is 11.8 Å². The van der Waals surface area contributed by atoms with Crippen molar-refractivity contribution < 1.29 is 14.4 Å². The Bertz CT molecular complexity index is 920. The quantitative estimate of drug-likeness (QED) is 0.638. The maximum absolute atomic E-state index is 12.8. The molecule has 2 aromatic rings. The number of rotatable bonds is 6. The Labute approximate surface area is 176 Å². The fraction of sp³-hybridized carbons (Fsp3) is 0.318. The molecule has 0 heterocycles. The molecule has 29 heavy (non-hydrogen) atoms. The summed E-state index contributed by atoms with van der Waals surface area (Å²) in [5.41, 5.74) is 0.953. The monoisotopic (exact) mass is 415 g/mol. The van der Waals surface area contributed by atoms with Crippen LogP contribution in [0, 0.1) is 5.41 Å². The Balaban J connectivity index is 2.22. The van der Waals surface area contributed by atoms with Crippen molar-refractivity contribution in [2.24, 2.45) is 5.41 Å². The molecule has 0 fully saturated rings. The summed E-state index contributed by atoms with van der Waals surface area (Å²) >= 11 is 6.05. The average molecular weight is 416 g/mol. The third-order valence-corrected chi connectivity index (χ3v) is 4.31. The van der Waals surface area contributed by atoms with Crippen molar-refractivity contribution >= 4 is 40.7 Å². The summed E-state index contributed by atoms with van der Waals surface area (Å²) in [7, 11) is 0. The van der Waals surface area contributed by atoms with E-state index >= 15 is 0 Å². The molecule has 0 atom stereocenters. The number of hydrogen-bond acceptors (Lipinski definition) is 3. The third kappa shape index (κ3) is 6.32. The van der Waals surface area contributed by atoms with Gasteiger partial charge < -0.3 is 16.0 Å². The highest BCUT2D eigenvalue weighted by Gasteiger charge is 2.21. The minimum absolute atomic E-state index is 0.153. The van der Waals surface area contributed by atoms with E-state index in [4.69, 9.17) is 11.6 Å². The van der Waals surface area contributed by atoms with Crippen molar-refractivity contribution in [2.75, 3.05) is 17.2 Å². The van der Waals surface area contributed by atoms with Gasteiger partial charge in [0.2, 0.25) is 5.91 Å². The molecule has 0 aliphatic rings. The summed E-state index contributed by atoms with van der Waals surface area (Å²) in [6, 6.07) is 11.3. The van der Waals surface area contributed by atoms with Crippen LogP contribution in [0.3, 0.4) is 0 Å². The summed E-state index contributed by atoms with van der Waals surface area (Å²) < 4.78 is 0. The minimum atomic E-state index is -0.556. The standard InChI is InChI=1S/C22H26ClN3O3/c1-5-11-24-20(28)17-10-9-15(23)13-18(17)26-19(27)14-7-6-8-16(12-14)25-21(29)22(2,3)4/h6-10,12-13H,5,11H2,1-4H3,(H,24,28)(H,25,29)(H,26,27). The normalized spacial score (nSPS) is 10.9. The maximum atomic E-state index is 12.8. The van der Waals surface area contributed by atoms with E-state index in [0.717, 1.165) is 6.42 Å². The van der Waals surface area contributed by atoms with Gasteiger partial charge in [0.15, 0.2) is 0 Å². The highest BCUT2D eigenvalue weighted by atomic mass is 35.5. The van der Waals surface area contributed by atoms with Crippen LogP contribution in [-0.4, -0.2) is 24.3 Å². The second-order valence-electron chi connectivity index (χ2n) is 7.68. The SMILES string of the molecule is CCCNC(=O)c1ccc(Cl)cc1NC(=O)c1cccc(NC(=O)C(C)(C)C)c1. The van der Waals surface area contributed by atoms with Crippen molar-refractivity contribution in [1.82, 2.24) is 5.32 Å². The fourth-order valence-electron chi connectivity index (χ4n) is 2.40. The zero-order valence-corrected chi connectivity index (χ0v) is 17.8. The fourth-order valence-corrected chi connectivity index (χ4v) is 2.58. The summed E-state index contributed by atoms with van der Waals surface area (Å²) in [6.45, 7) is 7.91. The van der Waals surface area contributed by atoms with Crippen LogP contribution in [0.15, 0.2) is 42.5 Å². The lowest BCUT2D eigenvalue weighted by Gasteiger charge is -2.18. The molecule has 6 nitrogen and oxygen atoms in total. The molecule has 7 heteroatoms. The van der Waals surface area contributed by atoms with Gasteiger partial charge in [-0.25, -0.2) is 0 Å². The number of carbonyl (C=O) groups is 3. The summed E-state index contributed by atoms with van der Waals surface area (Å²) in [5.74, 6) is -0.853. The van der Waals surface area contributed by atoms with Crippen molar-refractivity contribution in [1.29, 1.82) is 0 Å². The molecule has 3 N–H and O–H groups in total. The first-order chi connectivity index (χ1) is 13.6. The molecule has 2 rings (SSSR count). The number of benzene rings is 2. The van der Waals surface area contributed by atoms with Gasteiger partial charge in [0.1, 0.15) is 0 Å². The maximum Gasteiger partial charge on any atom is 0.255 e. The molecule has 0 spiro atoms. The van der Waals surface area contributed by atoms with Crippen molar-refractivity contribution in [3.63, 3.8) is 0 Å². The largest absolute Gasteiger partial charge is 0.352 e. The lowest BCUT2D eigenvalue weighted by atomic mass is 9.95. The van der Waals surface area contributed by atoms with Crippen LogP contribution >= 0.6 is 11.6 Å². The number of hydrogen-bond donors (Lipinski definition) is 3. The van der Waals surface area contributed by atoms with Gasteiger partial charge in [-0.1, -0.05) is 45.4 Å². The van der Waals surface area contributed by atoms with Crippen LogP contribution in [-0.2, 0) is 4.79 Å². The number of anilines is 2. The molecule has 2 aromatic carbocycles. The first-order valence-corrected chi connectivity index (χ1v) is 9.80. The molecule has 0 aliphatic carbocycles. The average Bonchev–Trinajstić information content (AvgIpc) is 2.65. The predicted molar refractivity (Wildman–Crippen MR) is 117 cm³/mol. The molecule has 154 valence electrons. The van der Waals surface area contributed by atoms with Gasteiger partial charge in [-0.2, -0.15) is 0 Å². The van der Waals surface area contributed by atoms with Crippen LogP contribution < -0.4 is 16.0 Å². The van der Waals surface area contributed by atoms with Gasteiger partial charge >= 0.3 is 0 Å². The number of carbonyl (C=O) groups excluding carboxylic acids is 3. The molecule has 0 aliphatic heterocycles. The van der Waals surface area contributed by atoms with Gasteiger partial charge in [-0.3, -0.25) is 14.4 Å². The van der Waals surface area contributed by atoms with Crippen LogP contribution in [0.1, 0.15) is 54.8 Å². The van der Waals surface area contributed by atoms with Gasteiger partial charge in [0.05, 0.1) is 11.3 Å². The molecule has 3 amide bonds. The van der Waals surface area contributed by atoms with Gasteiger partial charge in [-0.15, -0.1) is 0 Å². The highest BCUT2D eigenvalue weighted by Crippen LogP contribution is 2.23. The van der Waals surface area contributed by atoms with Crippen LogP contribution in [0.25, 0.3) is 0 Å². The zero-order chi connectivity index (χ0) is 21.6. The summed E-state index contributed by atoms with van der Waals surface area (Å²) in [6.07, 6.45) is 0.800. The van der Waals surface area contributed by atoms with Gasteiger partial charge in [0.25, 0.3) is 11.8 Å². The zero-order valence-electron chi connectivity index (χ0n) is 17.1. The smallest absolute Gasteiger partial charge is 0.255 e. The summed E-state index contributed by atoms with van der Waals surface area (Å²) in [5, 5.41) is 8.72.